The highest BCUT2D eigenvalue weighted by molar-refractivity contribution is 6.30. The Morgan fingerprint density at radius 2 is 1.93 bits per heavy atom. The summed E-state index contributed by atoms with van der Waals surface area (Å²) >= 11 is 6.10. The second kappa shape index (κ2) is 9.80. The van der Waals surface area contributed by atoms with Crippen molar-refractivity contribution in [2.75, 3.05) is 44.7 Å². The topological polar surface area (TPSA) is 46.0 Å². The molecule has 3 rings (SSSR count). The number of rotatable bonds is 7. The van der Waals surface area contributed by atoms with Gasteiger partial charge in [-0.1, -0.05) is 29.8 Å². The summed E-state index contributed by atoms with van der Waals surface area (Å²) < 4.78 is 5.17. The first-order valence-electron chi connectivity index (χ1n) is 9.82. The molecular weight excluding hydrogens is 374 g/mol. The summed E-state index contributed by atoms with van der Waals surface area (Å²) in [6.45, 7) is 6.42. The minimum atomic E-state index is -0.0441. The number of hydrogen-bond donors (Lipinski definition) is 2. The molecule has 0 unspecified atom stereocenters. The third kappa shape index (κ3) is 5.40. The summed E-state index contributed by atoms with van der Waals surface area (Å²) in [5.41, 5.74) is 2.35. The number of piperazine rings is 1. The maximum Gasteiger partial charge on any atom is 0.278 e. The van der Waals surface area contributed by atoms with Gasteiger partial charge in [-0.2, -0.15) is 0 Å². The van der Waals surface area contributed by atoms with E-state index >= 15 is 0 Å². The van der Waals surface area contributed by atoms with E-state index in [1.54, 1.807) is 7.11 Å². The average molecular weight is 403 g/mol. The summed E-state index contributed by atoms with van der Waals surface area (Å²) in [6, 6.07) is 15.9. The highest BCUT2D eigenvalue weighted by atomic mass is 35.5. The third-order valence-electron chi connectivity index (χ3n) is 5.46. The number of carbonyl (C=O) groups excluding carboxylic acids is 1. The molecule has 1 atom stereocenters. The highest BCUT2D eigenvalue weighted by Crippen LogP contribution is 2.19. The number of amides is 1. The Morgan fingerprint density at radius 3 is 2.57 bits per heavy atom. The number of ether oxygens (including phenoxy) is 1. The molecule has 6 heteroatoms. The highest BCUT2D eigenvalue weighted by Gasteiger charge is 2.29. The SMILES string of the molecule is COc1ccc(CCNC(=O)[C@H](C)[NH+]2CCN(c3cccc(Cl)c3)CC2)cc1. The van der Waals surface area contributed by atoms with E-state index in [9.17, 15) is 4.79 Å². The summed E-state index contributed by atoms with van der Waals surface area (Å²) in [5.74, 6) is 0.974. The lowest BCUT2D eigenvalue weighted by Gasteiger charge is -2.36. The van der Waals surface area contributed by atoms with Crippen molar-refractivity contribution >= 4 is 23.2 Å². The van der Waals surface area contributed by atoms with Crippen LogP contribution in [0, 0.1) is 0 Å². The molecule has 1 amide bonds. The van der Waals surface area contributed by atoms with Crippen LogP contribution in [0.2, 0.25) is 5.02 Å². The molecule has 1 saturated heterocycles. The summed E-state index contributed by atoms with van der Waals surface area (Å²) in [5, 5.41) is 3.85. The van der Waals surface area contributed by atoms with Gasteiger partial charge >= 0.3 is 0 Å². The van der Waals surface area contributed by atoms with Crippen LogP contribution in [0.1, 0.15) is 12.5 Å². The second-order valence-corrected chi connectivity index (χ2v) is 7.67. The van der Waals surface area contributed by atoms with Crippen LogP contribution in [0.25, 0.3) is 0 Å². The molecule has 150 valence electrons. The standard InChI is InChI=1S/C22H28ClN3O2/c1-17(22(27)24-11-10-18-6-8-21(28-2)9-7-18)25-12-14-26(15-13-25)20-5-3-4-19(23)16-20/h3-9,16-17H,10-15H2,1-2H3,(H,24,27)/p+1/t17-/m0/s1. The van der Waals surface area contributed by atoms with Gasteiger partial charge < -0.3 is 19.9 Å². The fourth-order valence-corrected chi connectivity index (χ4v) is 3.80. The van der Waals surface area contributed by atoms with Gasteiger partial charge in [-0.05, 0) is 49.2 Å². The van der Waals surface area contributed by atoms with Gasteiger partial charge in [-0.25, -0.2) is 0 Å². The predicted molar refractivity (Wildman–Crippen MR) is 114 cm³/mol. The van der Waals surface area contributed by atoms with Gasteiger partial charge in [0, 0.05) is 17.3 Å². The van der Waals surface area contributed by atoms with E-state index in [1.807, 2.05) is 49.4 Å². The van der Waals surface area contributed by atoms with Gasteiger partial charge in [0.1, 0.15) is 5.75 Å². The van der Waals surface area contributed by atoms with E-state index in [0.717, 1.165) is 49.1 Å². The molecule has 0 aliphatic carbocycles. The number of halogens is 1. The van der Waals surface area contributed by atoms with Crippen molar-refractivity contribution in [3.8, 4) is 5.75 Å². The van der Waals surface area contributed by atoms with Crippen LogP contribution in [-0.2, 0) is 11.2 Å². The minimum absolute atomic E-state index is 0.0441. The van der Waals surface area contributed by atoms with E-state index in [2.05, 4.69) is 16.3 Å². The van der Waals surface area contributed by atoms with Crippen LogP contribution < -0.4 is 19.9 Å². The van der Waals surface area contributed by atoms with Crippen molar-refractivity contribution in [1.29, 1.82) is 0 Å². The molecule has 5 nitrogen and oxygen atoms in total. The molecular formula is C22H29ClN3O2+. The van der Waals surface area contributed by atoms with Gasteiger partial charge in [-0.15, -0.1) is 0 Å². The van der Waals surface area contributed by atoms with Crippen LogP contribution in [-0.4, -0.2) is 51.8 Å². The van der Waals surface area contributed by atoms with Crippen LogP contribution in [0.15, 0.2) is 48.5 Å². The molecule has 0 aromatic heterocycles. The van der Waals surface area contributed by atoms with E-state index in [0.29, 0.717) is 6.54 Å². The van der Waals surface area contributed by atoms with Gasteiger partial charge in [0.15, 0.2) is 6.04 Å². The number of nitrogens with zero attached hydrogens (tertiary/aromatic N) is 1. The lowest BCUT2D eigenvalue weighted by Crippen LogP contribution is -3.19. The largest absolute Gasteiger partial charge is 0.497 e. The summed E-state index contributed by atoms with van der Waals surface area (Å²) in [7, 11) is 1.66. The Morgan fingerprint density at radius 1 is 1.21 bits per heavy atom. The second-order valence-electron chi connectivity index (χ2n) is 7.24. The normalized spacial score (nSPS) is 15.9. The maximum absolute atomic E-state index is 12.5. The molecule has 0 saturated carbocycles. The Balaban J connectivity index is 1.42. The van der Waals surface area contributed by atoms with Gasteiger partial charge in [0.25, 0.3) is 5.91 Å². The van der Waals surface area contributed by atoms with Crippen molar-refractivity contribution < 1.29 is 14.4 Å². The molecule has 1 heterocycles. The smallest absolute Gasteiger partial charge is 0.278 e. The first kappa shape index (κ1) is 20.5. The third-order valence-corrected chi connectivity index (χ3v) is 5.69. The van der Waals surface area contributed by atoms with Crippen LogP contribution in [0.4, 0.5) is 5.69 Å². The van der Waals surface area contributed by atoms with Gasteiger partial charge in [0.2, 0.25) is 0 Å². The Bertz CT molecular complexity index is 774. The minimum Gasteiger partial charge on any atom is -0.497 e. The Hall–Kier alpha value is -2.24. The Labute approximate surface area is 172 Å². The molecule has 2 aromatic carbocycles. The zero-order valence-corrected chi connectivity index (χ0v) is 17.3. The van der Waals surface area contributed by atoms with E-state index in [-0.39, 0.29) is 11.9 Å². The molecule has 0 radical (unpaired) electrons. The van der Waals surface area contributed by atoms with Crippen molar-refractivity contribution in [3.63, 3.8) is 0 Å². The quantitative estimate of drug-likeness (QED) is 0.742. The van der Waals surface area contributed by atoms with Gasteiger partial charge in [-0.3, -0.25) is 4.79 Å². The average Bonchev–Trinajstić information content (AvgIpc) is 2.73. The zero-order chi connectivity index (χ0) is 19.9. The van der Waals surface area contributed by atoms with E-state index in [1.165, 1.54) is 10.5 Å². The van der Waals surface area contributed by atoms with Crippen molar-refractivity contribution in [3.05, 3.63) is 59.1 Å². The number of hydrogen-bond acceptors (Lipinski definition) is 3. The fraction of sp³-hybridized carbons (Fsp3) is 0.409. The number of quaternary nitrogens is 1. The van der Waals surface area contributed by atoms with Crippen LogP contribution >= 0.6 is 11.6 Å². The zero-order valence-electron chi connectivity index (χ0n) is 16.6. The molecule has 2 aromatic rings. The molecule has 1 fully saturated rings. The molecule has 1 aliphatic heterocycles. The summed E-state index contributed by atoms with van der Waals surface area (Å²) in [4.78, 5) is 16.2. The number of carbonyl (C=O) groups is 1. The van der Waals surface area contributed by atoms with Crippen molar-refractivity contribution in [2.45, 2.75) is 19.4 Å². The number of nitrogens with one attached hydrogen (secondary N) is 2. The van der Waals surface area contributed by atoms with Gasteiger partial charge in [0.05, 0.1) is 33.3 Å². The van der Waals surface area contributed by atoms with Crippen LogP contribution in [0.5, 0.6) is 5.75 Å². The fourth-order valence-electron chi connectivity index (χ4n) is 3.62. The number of methoxy groups -OCH3 is 1. The first-order chi connectivity index (χ1) is 13.6. The molecule has 1 aliphatic rings. The molecule has 0 spiro atoms. The molecule has 0 bridgehead atoms. The number of benzene rings is 2. The maximum atomic E-state index is 12.5. The monoisotopic (exact) mass is 402 g/mol. The van der Waals surface area contributed by atoms with E-state index < -0.39 is 0 Å². The first-order valence-corrected chi connectivity index (χ1v) is 10.2. The summed E-state index contributed by atoms with van der Waals surface area (Å²) in [6.07, 6.45) is 0.820. The number of anilines is 1. The molecule has 2 N–H and O–H groups in total. The molecule has 28 heavy (non-hydrogen) atoms. The van der Waals surface area contributed by atoms with E-state index in [4.69, 9.17) is 16.3 Å². The lowest BCUT2D eigenvalue weighted by molar-refractivity contribution is -0.914. The lowest BCUT2D eigenvalue weighted by atomic mass is 10.1. The van der Waals surface area contributed by atoms with Crippen molar-refractivity contribution in [2.24, 2.45) is 0 Å². The van der Waals surface area contributed by atoms with Crippen molar-refractivity contribution in [1.82, 2.24) is 5.32 Å². The Kier molecular flexibility index (Phi) is 7.18. The predicted octanol–water partition coefficient (Wildman–Crippen LogP) is 1.80. The van der Waals surface area contributed by atoms with Crippen LogP contribution in [0.3, 0.4) is 0 Å².